The van der Waals surface area contributed by atoms with E-state index in [1.165, 1.54) is 4.90 Å². The molecule has 1 heterocycles. The maximum Gasteiger partial charge on any atom is 0.219 e. The van der Waals surface area contributed by atoms with Gasteiger partial charge in [-0.1, -0.05) is 31.5 Å². The number of benzene rings is 1. The first kappa shape index (κ1) is 27.7. The zero-order valence-corrected chi connectivity index (χ0v) is 22.1. The Bertz CT molecular complexity index is 1180. The van der Waals surface area contributed by atoms with Gasteiger partial charge in [0.15, 0.2) is 0 Å². The smallest absolute Gasteiger partial charge is 0.219 e. The first-order chi connectivity index (χ1) is 16.6. The van der Waals surface area contributed by atoms with Crippen molar-refractivity contribution in [2.24, 2.45) is 15.7 Å². The first-order valence-electron chi connectivity index (χ1n) is 11.2. The number of amidine groups is 1. The molecule has 0 atom stereocenters. The second-order valence-electron chi connectivity index (χ2n) is 8.46. The maximum absolute atomic E-state index is 12.2. The summed E-state index contributed by atoms with van der Waals surface area (Å²) in [5.41, 5.74) is 10.3. The fourth-order valence-electron chi connectivity index (χ4n) is 3.04. The molecule has 0 unspecified atom stereocenters. The van der Waals surface area contributed by atoms with Crippen molar-refractivity contribution in [2.45, 2.75) is 47.5 Å². The highest BCUT2D eigenvalue weighted by Gasteiger charge is 2.17. The predicted octanol–water partition coefficient (Wildman–Crippen LogP) is 5.42. The first-order valence-corrected chi connectivity index (χ1v) is 11.6. The predicted molar refractivity (Wildman–Crippen MR) is 144 cm³/mol. The van der Waals surface area contributed by atoms with Crippen LogP contribution in [0.2, 0.25) is 5.02 Å². The van der Waals surface area contributed by atoms with E-state index >= 15 is 0 Å². The molecule has 0 aliphatic rings. The van der Waals surface area contributed by atoms with Crippen molar-refractivity contribution in [1.29, 1.82) is 0 Å². The second kappa shape index (κ2) is 12.8. The number of nitrogens with two attached hydrogens (primary N) is 1. The number of anilines is 1. The monoisotopic (exact) mass is 496 g/mol. The molecule has 1 aromatic heterocycles. The average molecular weight is 497 g/mol. The van der Waals surface area contributed by atoms with Gasteiger partial charge in [0.25, 0.3) is 0 Å². The van der Waals surface area contributed by atoms with Crippen LogP contribution in [0.4, 0.5) is 5.69 Å². The van der Waals surface area contributed by atoms with Crippen molar-refractivity contribution in [3.63, 3.8) is 0 Å². The van der Waals surface area contributed by atoms with Gasteiger partial charge in [0.2, 0.25) is 12.3 Å². The van der Waals surface area contributed by atoms with Crippen molar-refractivity contribution in [3.05, 3.63) is 64.0 Å². The van der Waals surface area contributed by atoms with E-state index < -0.39 is 0 Å². The molecule has 0 saturated carbocycles. The molecule has 0 aliphatic heterocycles. The minimum Gasteiger partial charge on any atom is -0.471 e. The molecular weight excluding hydrogens is 464 g/mol. The summed E-state index contributed by atoms with van der Waals surface area (Å²) in [6.45, 7) is 11.6. The van der Waals surface area contributed by atoms with E-state index in [-0.39, 0.29) is 12.5 Å². The van der Waals surface area contributed by atoms with E-state index in [4.69, 9.17) is 27.1 Å². The minimum absolute atomic E-state index is 0.131. The van der Waals surface area contributed by atoms with Crippen LogP contribution in [-0.4, -0.2) is 42.1 Å². The minimum atomic E-state index is 0.131. The standard InChI is InChI=1S/C26H33ClN6O2/c1-16(2)25-30-13-18(5)24(32-25)20-8-9-22(27)23(12-20)33(15-34)19(6)31-26(17(3)4)35-14-21(28)10-11-29-7/h8-13,15-16H,14,28H2,1-7H3/b21-10-,29-11?,31-19-. The Labute approximate surface area is 212 Å². The van der Waals surface area contributed by atoms with Gasteiger partial charge in [0.05, 0.1) is 16.4 Å². The van der Waals surface area contributed by atoms with Crippen LogP contribution >= 0.6 is 11.6 Å². The number of nitrogens with zero attached hydrogens (tertiary/aromatic N) is 5. The molecule has 0 aliphatic carbocycles. The Morgan fingerprint density at radius 2 is 2.00 bits per heavy atom. The third-order valence-corrected chi connectivity index (χ3v) is 5.26. The summed E-state index contributed by atoms with van der Waals surface area (Å²) in [7, 11) is 1.66. The Kier molecular flexibility index (Phi) is 10.1. The van der Waals surface area contributed by atoms with Gasteiger partial charge >= 0.3 is 0 Å². The number of hydrogen-bond acceptors (Lipinski definition) is 7. The summed E-state index contributed by atoms with van der Waals surface area (Å²) in [5.74, 6) is 1.67. The average Bonchev–Trinajstić information content (AvgIpc) is 2.82. The van der Waals surface area contributed by atoms with Crippen molar-refractivity contribution in [3.8, 4) is 11.3 Å². The van der Waals surface area contributed by atoms with Gasteiger partial charge in [-0.3, -0.25) is 14.7 Å². The van der Waals surface area contributed by atoms with Gasteiger partial charge in [-0.2, -0.15) is 0 Å². The van der Waals surface area contributed by atoms with Crippen molar-refractivity contribution in [2.75, 3.05) is 18.6 Å². The number of aryl methyl sites for hydroxylation is 1. The molecule has 35 heavy (non-hydrogen) atoms. The molecule has 2 N–H and O–H groups in total. The largest absolute Gasteiger partial charge is 0.471 e. The summed E-state index contributed by atoms with van der Waals surface area (Å²) in [6.07, 6.45) is 5.72. The molecule has 0 radical (unpaired) electrons. The highest BCUT2D eigenvalue weighted by molar-refractivity contribution is 6.34. The molecule has 8 nitrogen and oxygen atoms in total. The van der Waals surface area contributed by atoms with Crippen LogP contribution in [0.25, 0.3) is 11.3 Å². The van der Waals surface area contributed by atoms with E-state index in [1.807, 2.05) is 46.8 Å². The van der Waals surface area contributed by atoms with Crippen LogP contribution in [0.1, 0.15) is 51.9 Å². The molecule has 0 saturated heterocycles. The van der Waals surface area contributed by atoms with Gasteiger partial charge < -0.3 is 10.5 Å². The van der Waals surface area contributed by atoms with Crippen LogP contribution in [0.3, 0.4) is 0 Å². The normalized spacial score (nSPS) is 12.3. The fourth-order valence-corrected chi connectivity index (χ4v) is 3.25. The van der Waals surface area contributed by atoms with E-state index in [0.717, 1.165) is 28.2 Å². The van der Waals surface area contributed by atoms with E-state index in [0.29, 0.717) is 34.5 Å². The molecule has 186 valence electrons. The molecule has 1 amide bonds. The Morgan fingerprint density at radius 1 is 1.29 bits per heavy atom. The van der Waals surface area contributed by atoms with Crippen LogP contribution in [0.15, 0.2) is 57.6 Å². The number of amides is 1. The van der Waals surface area contributed by atoms with E-state index in [2.05, 4.69) is 15.0 Å². The topological polar surface area (TPSA) is 106 Å². The van der Waals surface area contributed by atoms with Crippen molar-refractivity contribution < 1.29 is 9.53 Å². The lowest BCUT2D eigenvalue weighted by atomic mass is 10.1. The molecule has 1 aromatic carbocycles. The van der Waals surface area contributed by atoms with Crippen LogP contribution in [-0.2, 0) is 9.53 Å². The third-order valence-electron chi connectivity index (χ3n) is 4.94. The van der Waals surface area contributed by atoms with Crippen LogP contribution in [0, 0.1) is 6.92 Å². The highest BCUT2D eigenvalue weighted by Crippen LogP contribution is 2.32. The molecule has 2 rings (SSSR count). The number of hydrogen-bond donors (Lipinski definition) is 1. The zero-order valence-electron chi connectivity index (χ0n) is 21.3. The Balaban J connectivity index is 2.45. The van der Waals surface area contributed by atoms with E-state index in [9.17, 15) is 4.79 Å². The Hall–Kier alpha value is -3.52. The molecule has 0 bridgehead atoms. The van der Waals surface area contributed by atoms with Gasteiger partial charge in [0.1, 0.15) is 18.3 Å². The SMILES string of the molecule is CN=C/C=C(\N)COC(/N=C(/C)N(C=O)c1cc(-c2nc(C(C)C)ncc2C)ccc1Cl)=C(C)C. The van der Waals surface area contributed by atoms with Gasteiger partial charge in [-0.25, -0.2) is 15.0 Å². The van der Waals surface area contributed by atoms with Crippen LogP contribution in [0.5, 0.6) is 0 Å². The summed E-state index contributed by atoms with van der Waals surface area (Å²) in [5, 5.41) is 0.400. The summed E-state index contributed by atoms with van der Waals surface area (Å²) < 4.78 is 5.78. The number of allylic oxidation sites excluding steroid dienone is 2. The number of aliphatic imine (C=N–C) groups is 2. The molecule has 0 fully saturated rings. The van der Waals surface area contributed by atoms with Gasteiger partial charge in [0, 0.05) is 36.6 Å². The van der Waals surface area contributed by atoms with Crippen molar-refractivity contribution >= 4 is 35.7 Å². The molecule has 9 heteroatoms. The highest BCUT2D eigenvalue weighted by atomic mass is 35.5. The van der Waals surface area contributed by atoms with Crippen molar-refractivity contribution in [1.82, 2.24) is 9.97 Å². The number of carbonyl (C=O) groups is 1. The number of aromatic nitrogens is 2. The summed E-state index contributed by atoms with van der Waals surface area (Å²) in [4.78, 5) is 31.1. The maximum atomic E-state index is 12.2. The van der Waals surface area contributed by atoms with Crippen LogP contribution < -0.4 is 10.6 Å². The number of carbonyl (C=O) groups excluding carboxylic acids is 1. The second-order valence-corrected chi connectivity index (χ2v) is 8.87. The Morgan fingerprint density at radius 3 is 2.60 bits per heavy atom. The molecular formula is C26H33ClN6O2. The summed E-state index contributed by atoms with van der Waals surface area (Å²) in [6, 6.07) is 5.44. The molecule has 2 aromatic rings. The lowest BCUT2D eigenvalue weighted by molar-refractivity contribution is -0.106. The van der Waals surface area contributed by atoms with Gasteiger partial charge in [-0.05, 0) is 57.0 Å². The summed E-state index contributed by atoms with van der Waals surface area (Å²) >= 11 is 6.51. The fraction of sp³-hybridized carbons (Fsp3) is 0.346. The quantitative estimate of drug-likeness (QED) is 0.216. The lowest BCUT2D eigenvalue weighted by Gasteiger charge is -2.20. The molecule has 0 spiro atoms. The lowest BCUT2D eigenvalue weighted by Crippen LogP contribution is -2.27. The number of halogens is 1. The van der Waals surface area contributed by atoms with E-state index in [1.54, 1.807) is 38.5 Å². The third kappa shape index (κ3) is 7.48. The van der Waals surface area contributed by atoms with Gasteiger partial charge in [-0.15, -0.1) is 0 Å². The number of rotatable bonds is 9. The number of ether oxygens (including phenoxy) is 1. The zero-order chi connectivity index (χ0) is 26.1.